The van der Waals surface area contributed by atoms with Crippen molar-refractivity contribution < 1.29 is 9.90 Å². The van der Waals surface area contributed by atoms with Gasteiger partial charge < -0.3 is 10.4 Å². The number of benzene rings is 1. The minimum atomic E-state index is -1.07. The third-order valence-corrected chi connectivity index (χ3v) is 2.76. The van der Waals surface area contributed by atoms with Gasteiger partial charge in [0.2, 0.25) is 0 Å². The highest BCUT2D eigenvalue weighted by atomic mass is 35.5. The quantitative estimate of drug-likeness (QED) is 0.901. The average Bonchev–Trinajstić information content (AvgIpc) is 2.30. The van der Waals surface area contributed by atoms with Gasteiger partial charge in [-0.05, 0) is 32.0 Å². The van der Waals surface area contributed by atoms with E-state index >= 15 is 0 Å². The summed E-state index contributed by atoms with van der Waals surface area (Å²) in [5.74, 6) is 0.197. The molecule has 0 aliphatic heterocycles. The molecule has 2 rings (SSSR count). The van der Waals surface area contributed by atoms with Crippen molar-refractivity contribution in [2.24, 2.45) is 0 Å². The van der Waals surface area contributed by atoms with Crippen LogP contribution in [0.5, 0.6) is 0 Å². The summed E-state index contributed by atoms with van der Waals surface area (Å²) in [6, 6.07) is 6.48. The Hall–Kier alpha value is -2.14. The Kier molecular flexibility index (Phi) is 3.66. The molecule has 19 heavy (non-hydrogen) atoms. The molecular formula is C13H12ClN3O2. The molecule has 0 aliphatic carbocycles. The number of hydrogen-bond acceptors (Lipinski definition) is 4. The van der Waals surface area contributed by atoms with Crippen LogP contribution in [0.2, 0.25) is 5.02 Å². The van der Waals surface area contributed by atoms with Gasteiger partial charge in [0.25, 0.3) is 0 Å². The second kappa shape index (κ2) is 5.24. The molecule has 0 saturated heterocycles. The summed E-state index contributed by atoms with van der Waals surface area (Å²) in [6.07, 6.45) is 0. The molecular weight excluding hydrogens is 266 g/mol. The van der Waals surface area contributed by atoms with Gasteiger partial charge in [-0.2, -0.15) is 0 Å². The predicted molar refractivity (Wildman–Crippen MR) is 73.2 cm³/mol. The molecule has 1 heterocycles. The van der Waals surface area contributed by atoms with Crippen LogP contribution in [0, 0.1) is 13.8 Å². The lowest BCUT2D eigenvalue weighted by atomic mass is 10.2. The van der Waals surface area contributed by atoms with Gasteiger partial charge in [-0.25, -0.2) is 14.8 Å². The van der Waals surface area contributed by atoms with Gasteiger partial charge in [0.1, 0.15) is 11.6 Å². The van der Waals surface area contributed by atoms with Crippen molar-refractivity contribution in [1.82, 2.24) is 9.97 Å². The van der Waals surface area contributed by atoms with Crippen LogP contribution in [0.3, 0.4) is 0 Å². The van der Waals surface area contributed by atoms with E-state index in [9.17, 15) is 4.79 Å². The Balaban J connectivity index is 2.33. The first-order valence-electron chi connectivity index (χ1n) is 5.58. The Bertz CT molecular complexity index is 624. The van der Waals surface area contributed by atoms with Gasteiger partial charge in [0.15, 0.2) is 0 Å². The van der Waals surface area contributed by atoms with Gasteiger partial charge in [-0.1, -0.05) is 11.6 Å². The summed E-state index contributed by atoms with van der Waals surface area (Å²) in [7, 11) is 0. The summed E-state index contributed by atoms with van der Waals surface area (Å²) in [4.78, 5) is 19.4. The van der Waals surface area contributed by atoms with Crippen molar-refractivity contribution in [1.29, 1.82) is 0 Å². The Morgan fingerprint density at radius 1 is 1.26 bits per heavy atom. The molecule has 1 aromatic heterocycles. The zero-order valence-electron chi connectivity index (χ0n) is 10.4. The molecule has 5 nitrogen and oxygen atoms in total. The third-order valence-electron chi connectivity index (χ3n) is 2.44. The van der Waals surface area contributed by atoms with Crippen molar-refractivity contribution in [3.8, 4) is 0 Å². The van der Waals surface area contributed by atoms with Gasteiger partial charge in [-0.15, -0.1) is 0 Å². The minimum Gasteiger partial charge on any atom is -0.478 e. The van der Waals surface area contributed by atoms with Crippen LogP contribution in [-0.2, 0) is 0 Å². The Morgan fingerprint density at radius 3 is 2.63 bits per heavy atom. The van der Waals surface area contributed by atoms with Gasteiger partial charge in [0.05, 0.1) is 10.6 Å². The normalized spacial score (nSPS) is 10.3. The number of anilines is 2. The number of carboxylic acids is 1. The van der Waals surface area contributed by atoms with Crippen LogP contribution in [0.25, 0.3) is 0 Å². The molecule has 0 atom stereocenters. The summed E-state index contributed by atoms with van der Waals surface area (Å²) in [6.45, 7) is 3.66. The number of aryl methyl sites for hydroxylation is 2. The first-order valence-corrected chi connectivity index (χ1v) is 5.95. The fourth-order valence-electron chi connectivity index (χ4n) is 1.70. The standard InChI is InChI=1S/C13H12ClN3O2/c1-7-5-12(16-8(2)15-7)17-9-3-4-11(14)10(6-9)13(18)19/h3-6H,1-2H3,(H,18,19)(H,15,16,17). The monoisotopic (exact) mass is 277 g/mol. The molecule has 2 N–H and O–H groups in total. The number of nitrogens with one attached hydrogen (secondary N) is 1. The van der Waals surface area contributed by atoms with E-state index in [4.69, 9.17) is 16.7 Å². The summed E-state index contributed by atoms with van der Waals surface area (Å²) < 4.78 is 0. The van der Waals surface area contributed by atoms with E-state index in [0.717, 1.165) is 5.69 Å². The van der Waals surface area contributed by atoms with Crippen molar-refractivity contribution in [2.75, 3.05) is 5.32 Å². The number of rotatable bonds is 3. The molecule has 0 spiro atoms. The molecule has 0 bridgehead atoms. The first kappa shape index (κ1) is 13.3. The summed E-state index contributed by atoms with van der Waals surface area (Å²) >= 11 is 5.81. The number of carbonyl (C=O) groups is 1. The molecule has 6 heteroatoms. The predicted octanol–water partition coefficient (Wildman–Crippen LogP) is 3.19. The van der Waals surface area contributed by atoms with Crippen molar-refractivity contribution >= 4 is 29.1 Å². The molecule has 98 valence electrons. The van der Waals surface area contributed by atoms with Gasteiger partial charge in [-0.3, -0.25) is 0 Å². The second-order valence-corrected chi connectivity index (χ2v) is 4.47. The number of nitrogens with zero attached hydrogens (tertiary/aromatic N) is 2. The fraction of sp³-hybridized carbons (Fsp3) is 0.154. The summed E-state index contributed by atoms with van der Waals surface area (Å²) in [5, 5.41) is 12.2. The number of aromatic carboxylic acids is 1. The van der Waals surface area contributed by atoms with Crippen LogP contribution in [0.15, 0.2) is 24.3 Å². The van der Waals surface area contributed by atoms with Crippen molar-refractivity contribution in [3.63, 3.8) is 0 Å². The first-order chi connectivity index (χ1) is 8.95. The lowest BCUT2D eigenvalue weighted by Gasteiger charge is -2.08. The minimum absolute atomic E-state index is 0.0502. The maximum Gasteiger partial charge on any atom is 0.337 e. The van der Waals surface area contributed by atoms with Crippen LogP contribution in [0.1, 0.15) is 21.9 Å². The molecule has 0 fully saturated rings. The van der Waals surface area contributed by atoms with E-state index in [1.807, 2.05) is 6.92 Å². The lowest BCUT2D eigenvalue weighted by molar-refractivity contribution is 0.0697. The fourth-order valence-corrected chi connectivity index (χ4v) is 1.89. The number of halogens is 1. The van der Waals surface area contributed by atoms with E-state index < -0.39 is 5.97 Å². The average molecular weight is 278 g/mol. The van der Waals surface area contributed by atoms with Crippen molar-refractivity contribution in [3.05, 3.63) is 46.4 Å². The molecule has 0 amide bonds. The van der Waals surface area contributed by atoms with E-state index in [-0.39, 0.29) is 10.6 Å². The van der Waals surface area contributed by atoms with E-state index in [1.54, 1.807) is 19.1 Å². The van der Waals surface area contributed by atoms with Crippen LogP contribution in [0.4, 0.5) is 11.5 Å². The lowest BCUT2D eigenvalue weighted by Crippen LogP contribution is -2.01. The Labute approximate surface area is 115 Å². The number of carboxylic acid groups (broad SMARTS) is 1. The van der Waals surface area contributed by atoms with E-state index in [0.29, 0.717) is 17.3 Å². The second-order valence-electron chi connectivity index (χ2n) is 4.07. The van der Waals surface area contributed by atoms with E-state index in [2.05, 4.69) is 15.3 Å². The highest BCUT2D eigenvalue weighted by Crippen LogP contribution is 2.23. The summed E-state index contributed by atoms with van der Waals surface area (Å²) in [5.41, 5.74) is 1.50. The van der Waals surface area contributed by atoms with E-state index in [1.165, 1.54) is 12.1 Å². The molecule has 1 aromatic carbocycles. The zero-order valence-corrected chi connectivity index (χ0v) is 11.2. The smallest absolute Gasteiger partial charge is 0.337 e. The van der Waals surface area contributed by atoms with Crippen LogP contribution in [-0.4, -0.2) is 21.0 Å². The number of aromatic nitrogens is 2. The number of hydrogen-bond donors (Lipinski definition) is 2. The highest BCUT2D eigenvalue weighted by Gasteiger charge is 2.09. The molecule has 0 saturated carbocycles. The Morgan fingerprint density at radius 2 is 2.00 bits per heavy atom. The topological polar surface area (TPSA) is 75.1 Å². The largest absolute Gasteiger partial charge is 0.478 e. The van der Waals surface area contributed by atoms with Gasteiger partial charge >= 0.3 is 5.97 Å². The SMILES string of the molecule is Cc1cc(Nc2ccc(Cl)c(C(=O)O)c2)nc(C)n1. The molecule has 0 aliphatic rings. The van der Waals surface area contributed by atoms with Gasteiger partial charge in [0, 0.05) is 17.4 Å². The van der Waals surface area contributed by atoms with Crippen molar-refractivity contribution in [2.45, 2.75) is 13.8 Å². The molecule has 0 radical (unpaired) electrons. The van der Waals surface area contributed by atoms with Crippen LogP contribution < -0.4 is 5.32 Å². The third kappa shape index (κ3) is 3.20. The van der Waals surface area contributed by atoms with Crippen LogP contribution >= 0.6 is 11.6 Å². The maximum atomic E-state index is 11.0. The zero-order chi connectivity index (χ0) is 14.0. The molecule has 0 unspecified atom stereocenters. The highest BCUT2D eigenvalue weighted by molar-refractivity contribution is 6.33. The molecule has 2 aromatic rings. The maximum absolute atomic E-state index is 11.0.